The van der Waals surface area contributed by atoms with Gasteiger partial charge in [-0.05, 0) is 60.9 Å². The Hall–Kier alpha value is -2.82. The van der Waals surface area contributed by atoms with Crippen LogP contribution in [0, 0.1) is 12.7 Å². The molecule has 1 heterocycles. The van der Waals surface area contributed by atoms with Crippen LogP contribution >= 0.6 is 0 Å². The number of nitrogens with zero attached hydrogens (tertiary/aromatic N) is 1. The second-order valence-electron chi connectivity index (χ2n) is 6.26. The predicted octanol–water partition coefficient (Wildman–Crippen LogP) is 4.90. The maximum Gasteiger partial charge on any atom is 0.144 e. The van der Waals surface area contributed by atoms with Crippen molar-refractivity contribution in [3.63, 3.8) is 0 Å². The molecule has 25 heavy (non-hydrogen) atoms. The van der Waals surface area contributed by atoms with Crippen LogP contribution in [0.2, 0.25) is 0 Å². The minimum absolute atomic E-state index is 0.0672. The highest BCUT2D eigenvalue weighted by molar-refractivity contribution is 5.74. The lowest BCUT2D eigenvalue weighted by molar-refractivity contribution is 0.376. The van der Waals surface area contributed by atoms with Gasteiger partial charge in [-0.25, -0.2) is 4.39 Å². The summed E-state index contributed by atoms with van der Waals surface area (Å²) in [5.41, 5.74) is 5.08. The molecule has 0 fully saturated rings. The molecule has 0 saturated carbocycles. The van der Waals surface area contributed by atoms with Crippen molar-refractivity contribution in [3.05, 3.63) is 65.3 Å². The largest absolute Gasteiger partial charge is 0.497 e. The molecule has 0 spiro atoms. The topological polar surface area (TPSA) is 47.3 Å². The van der Waals surface area contributed by atoms with Crippen LogP contribution in [0.4, 0.5) is 10.1 Å². The highest BCUT2D eigenvalue weighted by atomic mass is 19.1. The zero-order valence-electron chi connectivity index (χ0n) is 14.2. The van der Waals surface area contributed by atoms with Crippen LogP contribution in [-0.2, 0) is 6.42 Å². The van der Waals surface area contributed by atoms with E-state index in [1.807, 2.05) is 13.0 Å². The van der Waals surface area contributed by atoms with Crippen LogP contribution in [-0.4, -0.2) is 12.3 Å². The van der Waals surface area contributed by atoms with Crippen molar-refractivity contribution in [1.82, 2.24) is 5.16 Å². The molecule has 2 aromatic carbocycles. The molecule has 128 valence electrons. The van der Waals surface area contributed by atoms with Gasteiger partial charge in [0.25, 0.3) is 0 Å². The molecule has 0 amide bonds. The molecule has 1 atom stereocenters. The van der Waals surface area contributed by atoms with Gasteiger partial charge in [0.2, 0.25) is 0 Å². The molecule has 0 radical (unpaired) electrons. The van der Waals surface area contributed by atoms with Crippen molar-refractivity contribution in [2.75, 3.05) is 12.4 Å². The van der Waals surface area contributed by atoms with Crippen LogP contribution < -0.4 is 10.1 Å². The van der Waals surface area contributed by atoms with E-state index in [-0.39, 0.29) is 11.9 Å². The van der Waals surface area contributed by atoms with E-state index >= 15 is 0 Å². The number of benzene rings is 2. The van der Waals surface area contributed by atoms with Crippen molar-refractivity contribution in [1.29, 1.82) is 0 Å². The van der Waals surface area contributed by atoms with Gasteiger partial charge < -0.3 is 14.6 Å². The van der Waals surface area contributed by atoms with E-state index in [2.05, 4.69) is 22.6 Å². The first kappa shape index (κ1) is 15.7. The summed E-state index contributed by atoms with van der Waals surface area (Å²) in [6.45, 7) is 1.96. The summed E-state index contributed by atoms with van der Waals surface area (Å²) in [6.07, 6.45) is 1.63. The third-order valence-electron chi connectivity index (χ3n) is 4.68. The van der Waals surface area contributed by atoms with Gasteiger partial charge in [-0.2, -0.15) is 0 Å². The van der Waals surface area contributed by atoms with Crippen molar-refractivity contribution in [3.8, 4) is 16.9 Å². The van der Waals surface area contributed by atoms with E-state index in [9.17, 15) is 4.39 Å². The number of aryl methyl sites for hydroxylation is 2. The fraction of sp³-hybridized carbons (Fsp3) is 0.250. The van der Waals surface area contributed by atoms with Gasteiger partial charge in [-0.15, -0.1) is 0 Å². The lowest BCUT2D eigenvalue weighted by atomic mass is 9.95. The number of aromatic nitrogens is 1. The fourth-order valence-electron chi connectivity index (χ4n) is 3.44. The number of nitrogens with one attached hydrogen (secondary N) is 1. The summed E-state index contributed by atoms with van der Waals surface area (Å²) in [4.78, 5) is 0. The van der Waals surface area contributed by atoms with Crippen LogP contribution in [0.15, 0.2) is 47.0 Å². The Morgan fingerprint density at radius 2 is 2.00 bits per heavy atom. The second-order valence-corrected chi connectivity index (χ2v) is 6.26. The van der Waals surface area contributed by atoms with Crippen LogP contribution in [0.1, 0.15) is 29.5 Å². The SMILES string of the molecule is COc1ccc2c(c1)C(Nc1ccc(F)cc1)CCc1onc(C)c1-2. The van der Waals surface area contributed by atoms with Crippen molar-refractivity contribution in [2.45, 2.75) is 25.8 Å². The number of ether oxygens (including phenoxy) is 1. The first-order valence-corrected chi connectivity index (χ1v) is 8.31. The maximum absolute atomic E-state index is 13.2. The van der Waals surface area contributed by atoms with Crippen molar-refractivity contribution >= 4 is 5.69 Å². The molecule has 3 aromatic rings. The summed E-state index contributed by atoms with van der Waals surface area (Å²) in [5, 5.41) is 7.65. The van der Waals surface area contributed by atoms with E-state index in [1.165, 1.54) is 12.1 Å². The Balaban J connectivity index is 1.79. The number of halogens is 1. The number of fused-ring (bicyclic) bond motifs is 3. The lowest BCUT2D eigenvalue weighted by Gasteiger charge is -2.21. The zero-order chi connectivity index (χ0) is 17.4. The lowest BCUT2D eigenvalue weighted by Crippen LogP contribution is -2.11. The van der Waals surface area contributed by atoms with Gasteiger partial charge in [0, 0.05) is 17.7 Å². The van der Waals surface area contributed by atoms with E-state index in [1.54, 1.807) is 19.2 Å². The Labute approximate surface area is 145 Å². The molecule has 1 unspecified atom stereocenters. The fourth-order valence-corrected chi connectivity index (χ4v) is 3.44. The summed E-state index contributed by atoms with van der Waals surface area (Å²) in [6, 6.07) is 12.6. The molecule has 1 N–H and O–H groups in total. The number of anilines is 1. The van der Waals surface area contributed by atoms with Crippen molar-refractivity contribution < 1.29 is 13.7 Å². The third-order valence-corrected chi connectivity index (χ3v) is 4.68. The van der Waals surface area contributed by atoms with Gasteiger partial charge in [-0.1, -0.05) is 11.2 Å². The molecule has 1 aliphatic carbocycles. The van der Waals surface area contributed by atoms with Crippen LogP contribution in [0.3, 0.4) is 0 Å². The number of methoxy groups -OCH3 is 1. The summed E-state index contributed by atoms with van der Waals surface area (Å²) in [5.74, 6) is 1.48. The average molecular weight is 338 g/mol. The van der Waals surface area contributed by atoms with E-state index in [0.29, 0.717) is 0 Å². The Bertz CT molecular complexity index is 903. The Morgan fingerprint density at radius 3 is 2.76 bits per heavy atom. The molecule has 0 bridgehead atoms. The number of hydrogen-bond donors (Lipinski definition) is 1. The maximum atomic E-state index is 13.2. The van der Waals surface area contributed by atoms with Crippen molar-refractivity contribution in [2.24, 2.45) is 0 Å². The number of hydrogen-bond acceptors (Lipinski definition) is 4. The number of rotatable bonds is 3. The second kappa shape index (κ2) is 6.24. The molecule has 1 aliphatic rings. The first-order chi connectivity index (χ1) is 12.2. The summed E-state index contributed by atoms with van der Waals surface area (Å²) >= 11 is 0. The monoisotopic (exact) mass is 338 g/mol. The molecule has 1 aromatic heterocycles. The normalized spacial score (nSPS) is 15.9. The molecule has 4 nitrogen and oxygen atoms in total. The highest BCUT2D eigenvalue weighted by Crippen LogP contribution is 2.41. The third kappa shape index (κ3) is 2.86. The Kier molecular flexibility index (Phi) is 3.92. The van der Waals surface area contributed by atoms with Gasteiger partial charge >= 0.3 is 0 Å². The van der Waals surface area contributed by atoms with E-state index in [0.717, 1.165) is 52.4 Å². The van der Waals surface area contributed by atoms with Gasteiger partial charge in [0.1, 0.15) is 17.3 Å². The molecule has 0 saturated heterocycles. The van der Waals surface area contributed by atoms with Gasteiger partial charge in [-0.3, -0.25) is 0 Å². The zero-order valence-corrected chi connectivity index (χ0v) is 14.2. The van der Waals surface area contributed by atoms with Gasteiger partial charge in [0.15, 0.2) is 0 Å². The standard InChI is InChI=1S/C20H19FN2O2/c1-12-20-16-8-7-15(24-2)11-17(16)18(9-10-19(20)25-23-12)22-14-5-3-13(21)4-6-14/h3-8,11,18,22H,9-10H2,1-2H3. The smallest absolute Gasteiger partial charge is 0.144 e. The molecule has 4 rings (SSSR count). The molecule has 5 heteroatoms. The summed E-state index contributed by atoms with van der Waals surface area (Å²) < 4.78 is 24.1. The first-order valence-electron chi connectivity index (χ1n) is 8.31. The Morgan fingerprint density at radius 1 is 1.20 bits per heavy atom. The minimum atomic E-state index is -0.241. The van der Waals surface area contributed by atoms with Gasteiger partial charge in [0.05, 0.1) is 18.8 Å². The van der Waals surface area contributed by atoms with Crippen LogP contribution in [0.5, 0.6) is 5.75 Å². The van der Waals surface area contributed by atoms with E-state index in [4.69, 9.17) is 9.26 Å². The summed E-state index contributed by atoms with van der Waals surface area (Å²) in [7, 11) is 1.66. The van der Waals surface area contributed by atoms with Crippen LogP contribution in [0.25, 0.3) is 11.1 Å². The molecule has 0 aliphatic heterocycles. The molecular formula is C20H19FN2O2. The molecular weight excluding hydrogens is 319 g/mol. The van der Waals surface area contributed by atoms with E-state index < -0.39 is 0 Å². The highest BCUT2D eigenvalue weighted by Gasteiger charge is 2.27. The average Bonchev–Trinajstić information content (AvgIpc) is 2.92. The minimum Gasteiger partial charge on any atom is -0.497 e. The quantitative estimate of drug-likeness (QED) is 0.738. The predicted molar refractivity (Wildman–Crippen MR) is 94.3 cm³/mol.